The summed E-state index contributed by atoms with van der Waals surface area (Å²) < 4.78 is 43.7. The zero-order valence-corrected chi connectivity index (χ0v) is 15.8. The molecule has 0 saturated heterocycles. The number of hydrogen-bond acceptors (Lipinski definition) is 5. The van der Waals surface area contributed by atoms with Crippen molar-refractivity contribution in [2.45, 2.75) is 6.18 Å². The third kappa shape index (κ3) is 4.93. The van der Waals surface area contributed by atoms with Gasteiger partial charge in [0.2, 0.25) is 0 Å². The maximum Gasteiger partial charge on any atom is 0.416 e. The number of ether oxygens (including phenoxy) is 1. The summed E-state index contributed by atoms with van der Waals surface area (Å²) in [5, 5.41) is 9.92. The molecule has 29 heavy (non-hydrogen) atoms. The molecule has 0 heterocycles. The number of halogens is 4. The minimum Gasteiger partial charge on any atom is -0.456 e. The van der Waals surface area contributed by atoms with Gasteiger partial charge in [-0.3, -0.25) is 9.79 Å². The maximum absolute atomic E-state index is 12.7. The quantitative estimate of drug-likeness (QED) is 0.336. The van der Waals surface area contributed by atoms with Crippen LogP contribution in [0, 0.1) is 10.1 Å². The number of hydrazine groups is 1. The molecule has 0 aliphatic rings. The van der Waals surface area contributed by atoms with Crippen molar-refractivity contribution in [1.29, 1.82) is 0 Å². The van der Waals surface area contributed by atoms with E-state index in [0.717, 1.165) is 19.2 Å². The van der Waals surface area contributed by atoms with Crippen LogP contribution in [0.2, 0.25) is 5.02 Å². The molecule has 0 saturated carbocycles. The molecule has 2 aromatic carbocycles. The minimum atomic E-state index is -4.56. The highest BCUT2D eigenvalue weighted by Crippen LogP contribution is 2.36. The van der Waals surface area contributed by atoms with Crippen molar-refractivity contribution < 1.29 is 27.7 Å². The van der Waals surface area contributed by atoms with Crippen LogP contribution in [0.4, 0.5) is 13.2 Å². The number of carbonyl (C=O) groups is 1. The molecule has 12 heteroatoms. The number of carbonyl (C=O) groups excluding carboxylic acids is 1. The van der Waals surface area contributed by atoms with Crippen LogP contribution in [-0.4, -0.2) is 35.9 Å². The lowest BCUT2D eigenvalue weighted by molar-refractivity contribution is -0.625. The lowest BCUT2D eigenvalue weighted by atomic mass is 10.1. The van der Waals surface area contributed by atoms with Gasteiger partial charge >= 0.3 is 12.1 Å². The van der Waals surface area contributed by atoms with Crippen molar-refractivity contribution in [3.8, 4) is 11.5 Å². The van der Waals surface area contributed by atoms with Crippen LogP contribution in [0.1, 0.15) is 21.5 Å². The van der Waals surface area contributed by atoms with E-state index in [9.17, 15) is 28.1 Å². The van der Waals surface area contributed by atoms with Gasteiger partial charge in [0.25, 0.3) is 0 Å². The summed E-state index contributed by atoms with van der Waals surface area (Å²) in [7, 11) is 2.32. The zero-order valence-electron chi connectivity index (χ0n) is 15.0. The topological polar surface area (TPSA) is 111 Å². The highest BCUT2D eigenvalue weighted by molar-refractivity contribution is 6.32. The summed E-state index contributed by atoms with van der Waals surface area (Å²) in [4.78, 5) is 26.9. The Labute approximate surface area is 167 Å². The number of amides is 1. The Hall–Kier alpha value is -3.34. The van der Waals surface area contributed by atoms with E-state index in [0.29, 0.717) is 6.07 Å². The molecule has 0 spiro atoms. The lowest BCUT2D eigenvalue weighted by Crippen LogP contribution is -2.33. The standard InChI is InChI=1S/C17H14ClF3N4O4/c1-23-15(22)12-8-10(4-5-11(12)16(26)24(2)25(27)28)29-14-6-3-9(7-13(14)18)17(19,20)21/h3-8H,1-2H3,(H2,22,23). The molecule has 2 N–H and O–H groups in total. The van der Waals surface area contributed by atoms with E-state index in [1.807, 2.05) is 0 Å². The first-order valence-electron chi connectivity index (χ1n) is 7.79. The maximum atomic E-state index is 12.7. The monoisotopic (exact) mass is 430 g/mol. The van der Waals surface area contributed by atoms with Gasteiger partial charge in [-0.05, 0) is 36.4 Å². The molecule has 2 rings (SSSR count). The first kappa shape index (κ1) is 22.0. The number of nitro groups is 1. The molecule has 0 aromatic heterocycles. The predicted octanol–water partition coefficient (Wildman–Crippen LogP) is 3.75. The second kappa shape index (κ2) is 8.35. The van der Waals surface area contributed by atoms with Gasteiger partial charge in [-0.25, -0.2) is 10.1 Å². The molecular formula is C17H14ClF3N4O4. The van der Waals surface area contributed by atoms with E-state index in [1.54, 1.807) is 0 Å². The summed E-state index contributed by atoms with van der Waals surface area (Å²) in [6, 6.07) is 6.35. The summed E-state index contributed by atoms with van der Waals surface area (Å²) in [5.41, 5.74) is 4.76. The van der Waals surface area contributed by atoms with E-state index in [-0.39, 0.29) is 38.5 Å². The van der Waals surface area contributed by atoms with Crippen LogP contribution in [0.5, 0.6) is 11.5 Å². The second-order valence-electron chi connectivity index (χ2n) is 5.63. The fourth-order valence-electron chi connectivity index (χ4n) is 2.24. The van der Waals surface area contributed by atoms with Gasteiger partial charge in [-0.15, -0.1) is 0 Å². The fourth-order valence-corrected chi connectivity index (χ4v) is 2.46. The van der Waals surface area contributed by atoms with Crippen LogP contribution in [-0.2, 0) is 6.18 Å². The van der Waals surface area contributed by atoms with Gasteiger partial charge in [0.15, 0.2) is 5.03 Å². The number of benzene rings is 2. The van der Waals surface area contributed by atoms with Crippen LogP contribution >= 0.6 is 11.6 Å². The van der Waals surface area contributed by atoms with Crippen molar-refractivity contribution >= 4 is 23.3 Å². The summed E-state index contributed by atoms with van der Waals surface area (Å²) in [6.07, 6.45) is -4.56. The van der Waals surface area contributed by atoms with Gasteiger partial charge in [-0.2, -0.15) is 13.2 Å². The highest BCUT2D eigenvalue weighted by atomic mass is 35.5. The molecule has 0 aliphatic carbocycles. The molecule has 0 fully saturated rings. The van der Waals surface area contributed by atoms with Crippen molar-refractivity contribution in [3.05, 3.63) is 68.2 Å². The van der Waals surface area contributed by atoms with Gasteiger partial charge < -0.3 is 10.5 Å². The Morgan fingerprint density at radius 1 is 1.24 bits per heavy atom. The number of nitrogens with two attached hydrogens (primary N) is 1. The number of amidine groups is 1. The van der Waals surface area contributed by atoms with Gasteiger partial charge in [0, 0.05) is 12.6 Å². The molecule has 154 valence electrons. The first-order valence-corrected chi connectivity index (χ1v) is 8.17. The molecule has 0 unspecified atom stereocenters. The largest absolute Gasteiger partial charge is 0.456 e. The van der Waals surface area contributed by atoms with Crippen molar-refractivity contribution in [3.63, 3.8) is 0 Å². The molecule has 0 aliphatic heterocycles. The van der Waals surface area contributed by atoms with Crippen molar-refractivity contribution in [2.75, 3.05) is 14.1 Å². The Balaban J connectivity index is 2.43. The highest BCUT2D eigenvalue weighted by Gasteiger charge is 2.31. The van der Waals surface area contributed by atoms with E-state index in [1.165, 1.54) is 25.2 Å². The normalized spacial score (nSPS) is 11.9. The zero-order chi connectivity index (χ0) is 21.9. The molecule has 0 atom stereocenters. The van der Waals surface area contributed by atoms with E-state index in [4.69, 9.17) is 22.1 Å². The number of aliphatic imine (C=N–C) groups is 1. The number of nitrogens with zero attached hydrogens (tertiary/aromatic N) is 3. The molecule has 1 amide bonds. The minimum absolute atomic E-state index is 0.0479. The number of hydrogen-bond donors (Lipinski definition) is 1. The van der Waals surface area contributed by atoms with Crippen LogP contribution < -0.4 is 10.5 Å². The Kier molecular flexibility index (Phi) is 6.32. The average molecular weight is 431 g/mol. The molecule has 0 bridgehead atoms. The Bertz CT molecular complexity index is 995. The SMILES string of the molecule is CN=C(N)c1cc(Oc2ccc(C(F)(F)F)cc2Cl)ccc1C(=O)N(C)[N+](=O)[O-]. The second-order valence-corrected chi connectivity index (χ2v) is 6.04. The Morgan fingerprint density at radius 2 is 1.90 bits per heavy atom. The fraction of sp³-hybridized carbons (Fsp3) is 0.176. The number of rotatable bonds is 5. The summed E-state index contributed by atoms with van der Waals surface area (Å²) in [5.74, 6) is -1.04. The van der Waals surface area contributed by atoms with Gasteiger partial charge in [-0.1, -0.05) is 16.6 Å². The predicted molar refractivity (Wildman–Crippen MR) is 98.7 cm³/mol. The van der Waals surface area contributed by atoms with Crippen molar-refractivity contribution in [1.82, 2.24) is 5.01 Å². The third-order valence-electron chi connectivity index (χ3n) is 3.76. The van der Waals surface area contributed by atoms with E-state index in [2.05, 4.69) is 4.99 Å². The molecular weight excluding hydrogens is 417 g/mol. The Morgan fingerprint density at radius 3 is 2.41 bits per heavy atom. The molecule has 8 nitrogen and oxygen atoms in total. The van der Waals surface area contributed by atoms with Crippen LogP contribution in [0.15, 0.2) is 41.4 Å². The third-order valence-corrected chi connectivity index (χ3v) is 4.06. The summed E-state index contributed by atoms with van der Waals surface area (Å²) >= 11 is 5.86. The average Bonchev–Trinajstić information content (AvgIpc) is 2.66. The lowest BCUT2D eigenvalue weighted by Gasteiger charge is -2.14. The first-order chi connectivity index (χ1) is 13.5. The van der Waals surface area contributed by atoms with E-state index < -0.39 is 22.7 Å². The van der Waals surface area contributed by atoms with E-state index >= 15 is 0 Å². The van der Waals surface area contributed by atoms with Crippen molar-refractivity contribution in [2.24, 2.45) is 10.7 Å². The van der Waals surface area contributed by atoms with Gasteiger partial charge in [0.1, 0.15) is 17.3 Å². The number of alkyl halides is 3. The summed E-state index contributed by atoms with van der Waals surface area (Å²) in [6.45, 7) is 0. The van der Waals surface area contributed by atoms with Gasteiger partial charge in [0.05, 0.1) is 23.2 Å². The smallest absolute Gasteiger partial charge is 0.416 e. The van der Waals surface area contributed by atoms with Crippen LogP contribution in [0.25, 0.3) is 0 Å². The molecule has 2 aromatic rings. The van der Waals surface area contributed by atoms with Crippen LogP contribution in [0.3, 0.4) is 0 Å². The molecule has 0 radical (unpaired) electrons.